The van der Waals surface area contributed by atoms with Gasteiger partial charge in [-0.1, -0.05) is 18.2 Å². The van der Waals surface area contributed by atoms with Crippen LogP contribution in [0.15, 0.2) is 41.8 Å². The molecular weight excluding hydrogens is 344 g/mol. The third-order valence-electron chi connectivity index (χ3n) is 5.17. The minimum Gasteiger partial charge on any atom is -0.329 e. The fourth-order valence-corrected chi connectivity index (χ4v) is 4.75. The summed E-state index contributed by atoms with van der Waals surface area (Å²) in [6.07, 6.45) is 0. The van der Waals surface area contributed by atoms with E-state index >= 15 is 0 Å². The number of benzene rings is 1. The second kappa shape index (κ2) is 8.66. The highest BCUT2D eigenvalue weighted by Gasteiger charge is 2.34. The van der Waals surface area contributed by atoms with E-state index in [-0.39, 0.29) is 12.1 Å². The molecule has 0 spiro atoms. The molecule has 0 saturated carbocycles. The van der Waals surface area contributed by atoms with Crippen molar-refractivity contribution in [2.24, 2.45) is 0 Å². The molecule has 1 aromatic heterocycles. The molecule has 4 N–H and O–H groups in total. The topological polar surface area (TPSA) is 50.0 Å². The van der Waals surface area contributed by atoms with Crippen LogP contribution in [-0.4, -0.2) is 45.3 Å². The Labute approximate surface area is 160 Å². The molecule has 0 aliphatic carbocycles. The number of carbonyl (C=O) groups excluding carboxylic acids is 1. The molecule has 2 heterocycles. The first-order chi connectivity index (χ1) is 12.5. The highest BCUT2D eigenvalue weighted by atomic mass is 32.1. The Kier molecular flexibility index (Phi) is 6.29. The number of nitrogens with one attached hydrogen (secondary N) is 4. The number of amides is 2. The third kappa shape index (κ3) is 4.84. The molecule has 0 bridgehead atoms. The van der Waals surface area contributed by atoms with Crippen LogP contribution in [0.5, 0.6) is 0 Å². The van der Waals surface area contributed by atoms with E-state index in [1.807, 2.05) is 31.2 Å². The molecule has 140 valence electrons. The summed E-state index contributed by atoms with van der Waals surface area (Å²) in [6.45, 7) is 8.79. The lowest BCUT2D eigenvalue weighted by atomic mass is 10.1. The van der Waals surface area contributed by atoms with Crippen molar-refractivity contribution in [3.63, 3.8) is 0 Å². The first kappa shape index (κ1) is 18.9. The summed E-state index contributed by atoms with van der Waals surface area (Å²) in [5.41, 5.74) is 1.97. The van der Waals surface area contributed by atoms with E-state index in [2.05, 4.69) is 42.1 Å². The fraction of sp³-hybridized carbons (Fsp3) is 0.450. The zero-order valence-electron chi connectivity index (χ0n) is 15.8. The van der Waals surface area contributed by atoms with Crippen LogP contribution in [0.1, 0.15) is 23.4 Å². The summed E-state index contributed by atoms with van der Waals surface area (Å²) >= 11 is 1.79. The monoisotopic (exact) mass is 374 g/mol. The average Bonchev–Trinajstić information content (AvgIpc) is 3.11. The maximum atomic E-state index is 12.5. The standard InChI is InChI=1S/C20H28N4OS/c1-15-6-4-7-17(14-15)22-20(25)21-16(2)19(18-8-5-13-26-18)24-11-9-23(3)10-12-24/h4-8,13-14,16,19H,9-12H2,1-3H3,(H2,21,22,25)/p+2/t16-,19+/m0/s1. The summed E-state index contributed by atoms with van der Waals surface area (Å²) in [5, 5.41) is 8.27. The van der Waals surface area contributed by atoms with Crippen molar-refractivity contribution in [1.82, 2.24) is 5.32 Å². The fourth-order valence-electron chi connectivity index (χ4n) is 3.76. The highest BCUT2D eigenvalue weighted by Crippen LogP contribution is 2.20. The van der Waals surface area contributed by atoms with Gasteiger partial charge in [0.1, 0.15) is 32.2 Å². The van der Waals surface area contributed by atoms with Crippen molar-refractivity contribution in [1.29, 1.82) is 0 Å². The number of quaternary nitrogens is 2. The summed E-state index contributed by atoms with van der Waals surface area (Å²) in [6, 6.07) is 12.4. The van der Waals surface area contributed by atoms with Crippen molar-refractivity contribution < 1.29 is 14.6 Å². The smallest absolute Gasteiger partial charge is 0.319 e. The minimum atomic E-state index is -0.135. The number of likely N-dealkylation sites (N-methyl/N-ethyl adjacent to an activating group) is 1. The van der Waals surface area contributed by atoms with E-state index in [1.165, 1.54) is 18.0 Å². The number of urea groups is 1. The van der Waals surface area contributed by atoms with Crippen molar-refractivity contribution >= 4 is 23.1 Å². The SMILES string of the molecule is Cc1cccc(NC(=O)N[C@@H](C)[C@H](c2cccs2)[NH+]2CC[NH+](C)CC2)c1. The largest absolute Gasteiger partial charge is 0.329 e. The van der Waals surface area contributed by atoms with Gasteiger partial charge in [0, 0.05) is 5.69 Å². The first-order valence-electron chi connectivity index (χ1n) is 9.36. The van der Waals surface area contributed by atoms with Crippen LogP contribution in [0.4, 0.5) is 10.5 Å². The number of hydrogen-bond donors (Lipinski definition) is 4. The van der Waals surface area contributed by atoms with Crippen molar-refractivity contribution in [3.05, 3.63) is 52.2 Å². The Morgan fingerprint density at radius 3 is 2.58 bits per heavy atom. The molecule has 3 rings (SSSR count). The number of piperazine rings is 1. The lowest BCUT2D eigenvalue weighted by molar-refractivity contribution is -1.02. The first-order valence-corrected chi connectivity index (χ1v) is 10.2. The zero-order valence-corrected chi connectivity index (χ0v) is 16.7. The van der Waals surface area contributed by atoms with Gasteiger partial charge in [-0.2, -0.15) is 0 Å². The van der Waals surface area contributed by atoms with Crippen LogP contribution >= 0.6 is 11.3 Å². The Morgan fingerprint density at radius 2 is 1.92 bits per heavy atom. The second-order valence-corrected chi connectivity index (χ2v) is 8.34. The van der Waals surface area contributed by atoms with E-state index in [0.717, 1.165) is 24.3 Å². The number of rotatable bonds is 5. The van der Waals surface area contributed by atoms with Crippen LogP contribution < -0.4 is 20.4 Å². The van der Waals surface area contributed by atoms with Gasteiger partial charge in [-0.25, -0.2) is 4.79 Å². The summed E-state index contributed by atoms with van der Waals surface area (Å²) in [5.74, 6) is 0. The van der Waals surface area contributed by atoms with Gasteiger partial charge in [-0.05, 0) is 43.0 Å². The quantitative estimate of drug-likeness (QED) is 0.613. The molecule has 2 atom stereocenters. The van der Waals surface area contributed by atoms with Gasteiger partial charge >= 0.3 is 6.03 Å². The van der Waals surface area contributed by atoms with E-state index in [9.17, 15) is 4.79 Å². The number of aryl methyl sites for hydroxylation is 1. The Balaban J connectivity index is 1.67. The molecule has 1 aliphatic rings. The molecule has 5 nitrogen and oxygen atoms in total. The maximum Gasteiger partial charge on any atom is 0.319 e. The lowest BCUT2D eigenvalue weighted by Gasteiger charge is -2.35. The van der Waals surface area contributed by atoms with E-state index in [0.29, 0.717) is 6.04 Å². The van der Waals surface area contributed by atoms with Gasteiger partial charge in [0.15, 0.2) is 0 Å². The van der Waals surface area contributed by atoms with E-state index in [4.69, 9.17) is 0 Å². The summed E-state index contributed by atoms with van der Waals surface area (Å²) in [7, 11) is 2.26. The van der Waals surface area contributed by atoms with Gasteiger partial charge < -0.3 is 20.4 Å². The molecule has 1 aliphatic heterocycles. The van der Waals surface area contributed by atoms with Gasteiger partial charge in [-0.15, -0.1) is 11.3 Å². The van der Waals surface area contributed by atoms with Crippen molar-refractivity contribution in [3.8, 4) is 0 Å². The molecular formula is C20H30N4OS+2. The molecule has 2 aromatic rings. The van der Waals surface area contributed by atoms with Gasteiger partial charge in [-0.3, -0.25) is 0 Å². The molecule has 1 saturated heterocycles. The zero-order chi connectivity index (χ0) is 18.5. The molecule has 26 heavy (non-hydrogen) atoms. The van der Waals surface area contributed by atoms with Crippen LogP contribution in [-0.2, 0) is 0 Å². The molecule has 0 radical (unpaired) electrons. The van der Waals surface area contributed by atoms with E-state index in [1.54, 1.807) is 21.1 Å². The van der Waals surface area contributed by atoms with Crippen molar-refractivity contribution in [2.45, 2.75) is 25.9 Å². The molecule has 1 aromatic carbocycles. The second-order valence-electron chi connectivity index (χ2n) is 7.37. The summed E-state index contributed by atoms with van der Waals surface area (Å²) in [4.78, 5) is 17.0. The minimum absolute atomic E-state index is 0.0619. The van der Waals surface area contributed by atoms with Gasteiger partial charge in [0.25, 0.3) is 0 Å². The van der Waals surface area contributed by atoms with Crippen molar-refractivity contribution in [2.75, 3.05) is 38.5 Å². The molecule has 2 amide bonds. The summed E-state index contributed by atoms with van der Waals surface area (Å²) < 4.78 is 0. The Bertz CT molecular complexity index is 710. The Morgan fingerprint density at radius 1 is 1.15 bits per heavy atom. The van der Waals surface area contributed by atoms with Crippen LogP contribution in [0.2, 0.25) is 0 Å². The average molecular weight is 375 g/mol. The lowest BCUT2D eigenvalue weighted by Crippen LogP contribution is -3.27. The molecule has 6 heteroatoms. The predicted octanol–water partition coefficient (Wildman–Crippen LogP) is 0.721. The number of carbonyl (C=O) groups is 1. The van der Waals surface area contributed by atoms with Gasteiger partial charge in [0.05, 0.1) is 18.0 Å². The van der Waals surface area contributed by atoms with Crippen LogP contribution in [0.3, 0.4) is 0 Å². The predicted molar refractivity (Wildman–Crippen MR) is 107 cm³/mol. The van der Waals surface area contributed by atoms with E-state index < -0.39 is 0 Å². The number of hydrogen-bond acceptors (Lipinski definition) is 2. The van der Waals surface area contributed by atoms with Crippen LogP contribution in [0.25, 0.3) is 0 Å². The molecule has 0 unspecified atom stereocenters. The third-order valence-corrected chi connectivity index (χ3v) is 6.13. The molecule has 1 fully saturated rings. The van der Waals surface area contributed by atoms with Gasteiger partial charge in [0.2, 0.25) is 0 Å². The maximum absolute atomic E-state index is 12.5. The van der Waals surface area contributed by atoms with Crippen LogP contribution in [0, 0.1) is 6.92 Å². The normalized spacial score (nSPS) is 22.4. The number of thiophene rings is 1. The Hall–Kier alpha value is -1.89. The highest BCUT2D eigenvalue weighted by molar-refractivity contribution is 7.10. The number of anilines is 1.